The van der Waals surface area contributed by atoms with Crippen molar-refractivity contribution in [2.75, 3.05) is 0 Å². The number of rotatable bonds is 15. The van der Waals surface area contributed by atoms with Crippen LogP contribution in [0.1, 0.15) is 141 Å². The maximum absolute atomic E-state index is 15.9. The molecule has 6 aliphatic rings. The number of benzene rings is 2. The van der Waals surface area contributed by atoms with E-state index < -0.39 is 48.9 Å². The van der Waals surface area contributed by atoms with Crippen LogP contribution in [0.15, 0.2) is 60.7 Å². The Balaban J connectivity index is 0.921. The van der Waals surface area contributed by atoms with Gasteiger partial charge in [-0.15, -0.1) is 0 Å². The van der Waals surface area contributed by atoms with E-state index in [-0.39, 0.29) is 72.6 Å². The maximum atomic E-state index is 15.9. The second-order valence-corrected chi connectivity index (χ2v) is 23.5. The molecular weight excluding hydrogens is 860 g/mol. The first kappa shape index (κ1) is 48.8. The highest BCUT2D eigenvalue weighted by Gasteiger charge is 2.47. The maximum Gasteiger partial charge on any atom is 0.307 e. The van der Waals surface area contributed by atoms with Gasteiger partial charge in [0.25, 0.3) is 0 Å². The minimum absolute atomic E-state index is 0.00513. The van der Waals surface area contributed by atoms with E-state index in [4.69, 9.17) is 14.2 Å². The van der Waals surface area contributed by atoms with Crippen LogP contribution in [0.25, 0.3) is 0 Å². The van der Waals surface area contributed by atoms with Gasteiger partial charge in [0, 0.05) is 34.8 Å². The van der Waals surface area contributed by atoms with E-state index in [1.165, 1.54) is 0 Å². The lowest BCUT2D eigenvalue weighted by Gasteiger charge is -2.44. The molecule has 6 fully saturated rings. The molecule has 2 amide bonds. The van der Waals surface area contributed by atoms with Crippen LogP contribution < -0.4 is 21.2 Å². The molecular formula is C52H73N2O11P. The quantitative estimate of drug-likeness (QED) is 0.113. The van der Waals surface area contributed by atoms with Gasteiger partial charge in [0.05, 0.1) is 66.4 Å². The molecule has 0 spiro atoms. The fourth-order valence-electron chi connectivity index (χ4n) is 12.6. The molecule has 0 aromatic heterocycles. The van der Waals surface area contributed by atoms with Gasteiger partial charge in [-0.05, 0) is 122 Å². The van der Waals surface area contributed by atoms with Gasteiger partial charge in [0.15, 0.2) is 0 Å². The van der Waals surface area contributed by atoms with Crippen molar-refractivity contribution in [2.24, 2.45) is 23.7 Å². The summed E-state index contributed by atoms with van der Waals surface area (Å²) in [5.41, 5.74) is -0.281. The lowest BCUT2D eigenvalue weighted by molar-refractivity contribution is -0.151. The Morgan fingerprint density at radius 1 is 0.470 bits per heavy atom. The number of hydrogen-bond donors (Lipinski definition) is 5. The number of carbonyl (C=O) groups is 4. The van der Waals surface area contributed by atoms with Crippen LogP contribution in [0.5, 0.6) is 0 Å². The van der Waals surface area contributed by atoms with Crippen molar-refractivity contribution in [3.63, 3.8) is 0 Å². The van der Waals surface area contributed by atoms with E-state index in [9.17, 15) is 34.5 Å². The van der Waals surface area contributed by atoms with Crippen molar-refractivity contribution < 1.29 is 53.3 Å². The number of amides is 2. The van der Waals surface area contributed by atoms with Gasteiger partial charge in [-0.3, -0.25) is 19.2 Å². The van der Waals surface area contributed by atoms with E-state index >= 15 is 4.57 Å². The van der Waals surface area contributed by atoms with Gasteiger partial charge in [0.1, 0.15) is 7.14 Å². The average Bonchev–Trinajstić information content (AvgIpc) is 3.32. The fourth-order valence-corrected chi connectivity index (χ4v) is 16.1. The first-order chi connectivity index (χ1) is 31.9. The number of carboxylic acid groups (broad SMARTS) is 2. The molecule has 8 rings (SSSR count). The van der Waals surface area contributed by atoms with Gasteiger partial charge in [-0.2, -0.15) is 0 Å². The zero-order valence-electron chi connectivity index (χ0n) is 38.5. The molecule has 14 heteroatoms. The first-order valence-corrected chi connectivity index (χ1v) is 27.1. The summed E-state index contributed by atoms with van der Waals surface area (Å²) in [6.07, 6.45) is 14.4. The summed E-state index contributed by atoms with van der Waals surface area (Å²) in [7, 11) is -3.22. The Hall–Kier alpha value is -3.61. The summed E-state index contributed by atoms with van der Waals surface area (Å²) in [5.74, 6) is -5.00. The number of hydrogen-bond acceptors (Lipinski definition) is 9. The third-order valence-electron chi connectivity index (χ3n) is 16.0. The Bertz CT molecular complexity index is 1940. The topological polar surface area (TPSA) is 198 Å². The monoisotopic (exact) mass is 932 g/mol. The number of carboxylic acids is 2. The summed E-state index contributed by atoms with van der Waals surface area (Å²) in [5, 5.41) is 37.9. The molecule has 362 valence electrons. The van der Waals surface area contributed by atoms with Gasteiger partial charge in [-0.1, -0.05) is 73.5 Å². The van der Waals surface area contributed by atoms with Gasteiger partial charge < -0.3 is 44.7 Å². The van der Waals surface area contributed by atoms with E-state index in [1.807, 2.05) is 60.7 Å². The minimum Gasteiger partial charge on any atom is -0.481 e. The van der Waals surface area contributed by atoms with Gasteiger partial charge >= 0.3 is 11.9 Å². The minimum atomic E-state index is -3.22. The summed E-state index contributed by atoms with van der Waals surface area (Å²) in [6, 6.07) is 19.4. The van der Waals surface area contributed by atoms with Crippen LogP contribution in [-0.4, -0.2) is 99.5 Å². The second-order valence-electron chi connectivity index (χ2n) is 20.5. The second kappa shape index (κ2) is 22.7. The van der Waals surface area contributed by atoms with Crippen LogP contribution in [-0.2, 0) is 38.0 Å². The largest absolute Gasteiger partial charge is 0.481 e. The van der Waals surface area contributed by atoms with Crippen molar-refractivity contribution in [3.05, 3.63) is 60.7 Å². The van der Waals surface area contributed by atoms with E-state index in [0.29, 0.717) is 51.4 Å². The first-order valence-electron chi connectivity index (χ1n) is 25.4. The predicted octanol–water partition coefficient (Wildman–Crippen LogP) is 7.26. The Morgan fingerprint density at radius 3 is 1.50 bits per heavy atom. The van der Waals surface area contributed by atoms with Crippen LogP contribution in [0, 0.1) is 23.7 Å². The lowest BCUT2D eigenvalue weighted by atomic mass is 9.77. The molecule has 2 aromatic rings. The van der Waals surface area contributed by atoms with Crippen molar-refractivity contribution in [2.45, 2.75) is 202 Å². The standard InChI is InChI=1S/C52H73N2O11P/c55-35-24-26-45(52(60)61)46(30-35)50(57)54-33-12-9-14-36(28-33)63-38-16-11-17-39(31-38)64-40-25-27-48(66(62,41-18-3-1-4-19-41)42-20-5-2-6-21-42)47(32-40)65-37-15-10-13-34(29-37)53-49(56)43-22-7-8-23-44(43)51(58)59/h1-6,18-21,33-40,43-48,55H,7-17,22-32H2,(H,53,56)(H,54,57)(H,58,59)(H,60,61). The average molecular weight is 933 g/mol. The third kappa shape index (κ3) is 12.0. The molecule has 14 atom stereocenters. The Morgan fingerprint density at radius 2 is 0.939 bits per heavy atom. The molecule has 0 bridgehead atoms. The summed E-state index contributed by atoms with van der Waals surface area (Å²) in [6.45, 7) is 0. The molecule has 0 radical (unpaired) electrons. The zero-order chi connectivity index (χ0) is 46.2. The fraction of sp³-hybridized carbons (Fsp3) is 0.692. The van der Waals surface area contributed by atoms with Crippen LogP contribution >= 0.6 is 7.14 Å². The number of aliphatic carboxylic acids is 2. The van der Waals surface area contributed by atoms with Crippen LogP contribution in [0.2, 0.25) is 0 Å². The van der Waals surface area contributed by atoms with Crippen molar-refractivity contribution >= 4 is 41.5 Å². The molecule has 0 heterocycles. The zero-order valence-corrected chi connectivity index (χ0v) is 39.4. The van der Waals surface area contributed by atoms with Crippen molar-refractivity contribution in [1.29, 1.82) is 0 Å². The SMILES string of the molecule is O=C(O)C1CCCCC1C(=O)NC1CCCC(OC2CC(OC3CCCC(OC4CCCC(NC(=O)C5CC(O)CCC5C(=O)O)C4)C3)CCC2P(=O)(c2ccccc2)c2ccccc2)C1. The number of aliphatic hydroxyl groups is 1. The molecule has 0 saturated heterocycles. The van der Waals surface area contributed by atoms with E-state index in [0.717, 1.165) is 94.1 Å². The molecule has 0 aliphatic heterocycles. The Kier molecular flexibility index (Phi) is 16.8. The molecule has 5 N–H and O–H groups in total. The van der Waals surface area contributed by atoms with E-state index in [1.54, 1.807) is 0 Å². The highest BCUT2D eigenvalue weighted by molar-refractivity contribution is 7.79. The predicted molar refractivity (Wildman–Crippen MR) is 250 cm³/mol. The van der Waals surface area contributed by atoms with Crippen molar-refractivity contribution in [1.82, 2.24) is 10.6 Å². The highest BCUT2D eigenvalue weighted by Crippen LogP contribution is 2.55. The number of aliphatic hydroxyl groups excluding tert-OH is 1. The lowest BCUT2D eigenvalue weighted by Crippen LogP contribution is -2.49. The number of carbonyl (C=O) groups excluding carboxylic acids is 2. The van der Waals surface area contributed by atoms with Crippen molar-refractivity contribution in [3.8, 4) is 0 Å². The molecule has 66 heavy (non-hydrogen) atoms. The Labute approximate surface area is 390 Å². The summed E-state index contributed by atoms with van der Waals surface area (Å²) >= 11 is 0. The normalized spacial score (nSPS) is 35.5. The van der Waals surface area contributed by atoms with E-state index in [2.05, 4.69) is 10.6 Å². The van der Waals surface area contributed by atoms with Gasteiger partial charge in [-0.25, -0.2) is 0 Å². The summed E-state index contributed by atoms with van der Waals surface area (Å²) < 4.78 is 36.9. The summed E-state index contributed by atoms with van der Waals surface area (Å²) in [4.78, 5) is 50.9. The molecule has 13 nitrogen and oxygen atoms in total. The highest BCUT2D eigenvalue weighted by atomic mass is 31.2. The molecule has 2 aromatic carbocycles. The van der Waals surface area contributed by atoms with Crippen LogP contribution in [0.4, 0.5) is 0 Å². The molecule has 6 saturated carbocycles. The van der Waals surface area contributed by atoms with Crippen LogP contribution in [0.3, 0.4) is 0 Å². The molecule has 6 aliphatic carbocycles. The number of nitrogens with one attached hydrogen (secondary N) is 2. The third-order valence-corrected chi connectivity index (χ3v) is 19.7. The molecule has 14 unspecified atom stereocenters. The smallest absolute Gasteiger partial charge is 0.307 e. The van der Waals surface area contributed by atoms with Gasteiger partial charge in [0.2, 0.25) is 11.8 Å². The number of ether oxygens (including phenoxy) is 3.